The Morgan fingerprint density at radius 3 is 3.05 bits per heavy atom. The molecule has 21 heavy (non-hydrogen) atoms. The van der Waals surface area contributed by atoms with Crippen molar-refractivity contribution in [1.82, 2.24) is 5.32 Å². The van der Waals surface area contributed by atoms with Crippen LogP contribution in [0.15, 0.2) is 22.6 Å². The van der Waals surface area contributed by atoms with E-state index in [0.29, 0.717) is 30.6 Å². The van der Waals surface area contributed by atoms with Crippen molar-refractivity contribution in [3.63, 3.8) is 0 Å². The normalized spacial score (nSPS) is 22.4. The highest BCUT2D eigenvalue weighted by Gasteiger charge is 2.36. The zero-order valence-electron chi connectivity index (χ0n) is 12.5. The Morgan fingerprint density at radius 1 is 1.62 bits per heavy atom. The van der Waals surface area contributed by atoms with Crippen LogP contribution >= 0.6 is 0 Å². The number of rotatable bonds is 8. The summed E-state index contributed by atoms with van der Waals surface area (Å²) in [4.78, 5) is 11.6. The van der Waals surface area contributed by atoms with Crippen molar-refractivity contribution in [1.29, 1.82) is 0 Å². The second kappa shape index (κ2) is 7.43. The van der Waals surface area contributed by atoms with Crippen molar-refractivity contribution in [2.75, 3.05) is 20.3 Å². The Hall–Kier alpha value is -1.59. The maximum atomic E-state index is 11.6. The predicted molar refractivity (Wildman–Crippen MR) is 79.8 cm³/mol. The van der Waals surface area contributed by atoms with Gasteiger partial charge in [-0.15, -0.1) is 0 Å². The third kappa shape index (κ3) is 5.02. The van der Waals surface area contributed by atoms with Gasteiger partial charge >= 0.3 is 0 Å². The largest absolute Gasteiger partial charge is 0.461 e. The molecule has 1 aliphatic carbocycles. The SMILES string of the molecule is COCC(O)CCNC(=O)/C=C/c1ccc(C2CC2C)o1. The number of carbonyl (C=O) groups is 1. The lowest BCUT2D eigenvalue weighted by molar-refractivity contribution is -0.116. The predicted octanol–water partition coefficient (Wildman–Crippen LogP) is 1.93. The van der Waals surface area contributed by atoms with Crippen LogP contribution in [0.4, 0.5) is 0 Å². The van der Waals surface area contributed by atoms with E-state index in [4.69, 9.17) is 9.15 Å². The Labute approximate surface area is 125 Å². The van der Waals surface area contributed by atoms with Crippen molar-refractivity contribution < 1.29 is 19.1 Å². The fourth-order valence-electron chi connectivity index (χ4n) is 2.23. The minimum Gasteiger partial charge on any atom is -0.461 e. The molecule has 1 saturated carbocycles. The molecule has 1 aliphatic rings. The molecule has 116 valence electrons. The number of ether oxygens (including phenoxy) is 1. The number of methoxy groups -OCH3 is 1. The summed E-state index contributed by atoms with van der Waals surface area (Å²) in [5.41, 5.74) is 0. The summed E-state index contributed by atoms with van der Waals surface area (Å²) in [5, 5.41) is 12.2. The van der Waals surface area contributed by atoms with Gasteiger partial charge in [-0.3, -0.25) is 4.79 Å². The standard InChI is InChI=1S/C16H23NO4/c1-11-9-14(11)15-5-3-13(21-15)4-6-16(19)17-8-7-12(18)10-20-2/h3-6,11-12,14,18H,7-10H2,1-2H3,(H,17,19)/b6-4+. The van der Waals surface area contributed by atoms with Crippen molar-refractivity contribution in [3.05, 3.63) is 29.7 Å². The zero-order chi connectivity index (χ0) is 15.2. The second-order valence-electron chi connectivity index (χ2n) is 5.58. The van der Waals surface area contributed by atoms with Gasteiger partial charge in [0.2, 0.25) is 5.91 Å². The van der Waals surface area contributed by atoms with Crippen LogP contribution < -0.4 is 5.32 Å². The fourth-order valence-corrected chi connectivity index (χ4v) is 2.23. The molecule has 3 atom stereocenters. The van der Waals surface area contributed by atoms with Crippen LogP contribution in [-0.4, -0.2) is 37.4 Å². The van der Waals surface area contributed by atoms with Gasteiger partial charge in [0.1, 0.15) is 11.5 Å². The minimum absolute atomic E-state index is 0.197. The molecule has 1 fully saturated rings. The quantitative estimate of drug-likeness (QED) is 0.718. The highest BCUT2D eigenvalue weighted by molar-refractivity contribution is 5.91. The third-order valence-corrected chi connectivity index (χ3v) is 3.66. The van der Waals surface area contributed by atoms with Gasteiger partial charge in [0.15, 0.2) is 0 Å². The number of amides is 1. The highest BCUT2D eigenvalue weighted by Crippen LogP contribution is 2.47. The van der Waals surface area contributed by atoms with E-state index in [1.807, 2.05) is 12.1 Å². The molecule has 3 unspecified atom stereocenters. The van der Waals surface area contributed by atoms with Gasteiger partial charge in [0.05, 0.1) is 12.7 Å². The first-order valence-electron chi connectivity index (χ1n) is 7.32. The molecular formula is C16H23NO4. The van der Waals surface area contributed by atoms with Gasteiger partial charge in [-0.1, -0.05) is 6.92 Å². The minimum atomic E-state index is -0.549. The number of aliphatic hydroxyl groups excluding tert-OH is 1. The molecule has 1 aromatic heterocycles. The van der Waals surface area contributed by atoms with E-state index >= 15 is 0 Å². The molecule has 2 rings (SSSR count). The van der Waals surface area contributed by atoms with Crippen molar-refractivity contribution in [2.45, 2.75) is 31.8 Å². The van der Waals surface area contributed by atoms with E-state index in [2.05, 4.69) is 12.2 Å². The summed E-state index contributed by atoms with van der Waals surface area (Å²) in [6, 6.07) is 3.86. The van der Waals surface area contributed by atoms with Crippen LogP contribution in [0.3, 0.4) is 0 Å². The third-order valence-electron chi connectivity index (χ3n) is 3.66. The van der Waals surface area contributed by atoms with E-state index in [9.17, 15) is 9.90 Å². The summed E-state index contributed by atoms with van der Waals surface area (Å²) in [5.74, 6) is 2.75. The molecule has 1 heterocycles. The number of hydrogen-bond acceptors (Lipinski definition) is 4. The number of aliphatic hydroxyl groups is 1. The lowest BCUT2D eigenvalue weighted by atomic mass is 10.2. The summed E-state index contributed by atoms with van der Waals surface area (Å²) < 4.78 is 10.5. The van der Waals surface area contributed by atoms with Gasteiger partial charge in [-0.25, -0.2) is 0 Å². The maximum absolute atomic E-state index is 11.6. The average Bonchev–Trinajstić information content (AvgIpc) is 3.00. The number of nitrogens with one attached hydrogen (secondary N) is 1. The van der Waals surface area contributed by atoms with E-state index in [0.717, 1.165) is 5.76 Å². The van der Waals surface area contributed by atoms with Gasteiger partial charge in [0.25, 0.3) is 0 Å². The summed E-state index contributed by atoms with van der Waals surface area (Å²) in [6.45, 7) is 2.89. The van der Waals surface area contributed by atoms with Crippen LogP contribution in [0.5, 0.6) is 0 Å². The molecule has 5 nitrogen and oxygen atoms in total. The molecular weight excluding hydrogens is 270 g/mol. The summed E-state index contributed by atoms with van der Waals surface area (Å²) >= 11 is 0. The first kappa shape index (κ1) is 15.8. The van der Waals surface area contributed by atoms with E-state index < -0.39 is 6.10 Å². The van der Waals surface area contributed by atoms with Crippen LogP contribution in [-0.2, 0) is 9.53 Å². The molecule has 1 amide bonds. The Balaban J connectivity index is 1.70. The smallest absolute Gasteiger partial charge is 0.244 e. The van der Waals surface area contributed by atoms with E-state index in [-0.39, 0.29) is 12.5 Å². The first-order chi connectivity index (χ1) is 10.1. The number of furan rings is 1. The van der Waals surface area contributed by atoms with Gasteiger partial charge in [-0.05, 0) is 37.0 Å². The van der Waals surface area contributed by atoms with Gasteiger partial charge < -0.3 is 19.6 Å². The molecule has 5 heteroatoms. The van der Waals surface area contributed by atoms with Crippen LogP contribution in [0.1, 0.15) is 37.2 Å². The number of carbonyl (C=O) groups excluding carboxylic acids is 1. The van der Waals surface area contributed by atoms with Crippen molar-refractivity contribution >= 4 is 12.0 Å². The van der Waals surface area contributed by atoms with Crippen LogP contribution in [0.25, 0.3) is 6.08 Å². The lowest BCUT2D eigenvalue weighted by Crippen LogP contribution is -2.27. The van der Waals surface area contributed by atoms with Crippen molar-refractivity contribution in [2.24, 2.45) is 5.92 Å². The van der Waals surface area contributed by atoms with Crippen LogP contribution in [0.2, 0.25) is 0 Å². The molecule has 0 bridgehead atoms. The Bertz CT molecular complexity index is 494. The summed E-state index contributed by atoms with van der Waals surface area (Å²) in [7, 11) is 1.53. The number of hydrogen-bond donors (Lipinski definition) is 2. The molecule has 0 radical (unpaired) electrons. The first-order valence-corrected chi connectivity index (χ1v) is 7.32. The van der Waals surface area contributed by atoms with E-state index in [1.165, 1.54) is 19.6 Å². The van der Waals surface area contributed by atoms with Gasteiger partial charge in [-0.2, -0.15) is 0 Å². The van der Waals surface area contributed by atoms with Crippen LogP contribution in [0, 0.1) is 5.92 Å². The van der Waals surface area contributed by atoms with Gasteiger partial charge in [0, 0.05) is 25.6 Å². The second-order valence-corrected chi connectivity index (χ2v) is 5.58. The maximum Gasteiger partial charge on any atom is 0.244 e. The molecule has 2 N–H and O–H groups in total. The topological polar surface area (TPSA) is 71.7 Å². The molecule has 0 spiro atoms. The molecule has 1 aromatic rings. The highest BCUT2D eigenvalue weighted by atomic mass is 16.5. The molecule has 0 aliphatic heterocycles. The van der Waals surface area contributed by atoms with E-state index in [1.54, 1.807) is 6.08 Å². The van der Waals surface area contributed by atoms with Crippen molar-refractivity contribution in [3.8, 4) is 0 Å². The monoisotopic (exact) mass is 293 g/mol. The Morgan fingerprint density at radius 2 is 2.38 bits per heavy atom. The lowest BCUT2D eigenvalue weighted by Gasteiger charge is -2.08. The zero-order valence-corrected chi connectivity index (χ0v) is 12.5. The average molecular weight is 293 g/mol. The Kier molecular flexibility index (Phi) is 5.59. The summed E-state index contributed by atoms with van der Waals surface area (Å²) in [6.07, 6.45) is 4.21. The fraction of sp³-hybridized carbons (Fsp3) is 0.562. The molecule has 0 saturated heterocycles. The molecule has 0 aromatic carbocycles.